The van der Waals surface area contributed by atoms with Crippen LogP contribution in [0.5, 0.6) is 0 Å². The fraction of sp³-hybridized carbons (Fsp3) is 0.100. The molecule has 3 aromatic rings. The van der Waals surface area contributed by atoms with Crippen molar-refractivity contribution in [3.63, 3.8) is 0 Å². The lowest BCUT2D eigenvalue weighted by Crippen LogP contribution is -2.42. The van der Waals surface area contributed by atoms with Gasteiger partial charge in [-0.25, -0.2) is 0 Å². The number of carbonyl (C=O) groups excluding carboxylic acids is 2. The molecule has 25 heavy (non-hydrogen) atoms. The van der Waals surface area contributed by atoms with Gasteiger partial charge in [0.05, 0.1) is 11.3 Å². The summed E-state index contributed by atoms with van der Waals surface area (Å²) in [4.78, 5) is 25.0. The largest absolute Gasteiger partial charge is 0.340 e. The first-order valence-electron chi connectivity index (χ1n) is 7.99. The monoisotopic (exact) mass is 350 g/mol. The van der Waals surface area contributed by atoms with Crippen molar-refractivity contribution in [3.05, 3.63) is 76.8 Å². The van der Waals surface area contributed by atoms with Crippen molar-refractivity contribution in [1.82, 2.24) is 5.32 Å². The maximum Gasteiger partial charge on any atom is 0.254 e. The normalized spacial score (nSPS) is 16.8. The summed E-state index contributed by atoms with van der Waals surface area (Å²) in [5.74, 6) is -0.538. The SMILES string of the molecule is O=C1NC(Cc2ccc3ccccc3c2)C(=O)Nc2ccc(Cl)cc21. The van der Waals surface area contributed by atoms with Gasteiger partial charge in [0, 0.05) is 11.4 Å². The van der Waals surface area contributed by atoms with E-state index in [4.69, 9.17) is 11.6 Å². The van der Waals surface area contributed by atoms with E-state index in [2.05, 4.69) is 10.6 Å². The molecule has 0 bridgehead atoms. The summed E-state index contributed by atoms with van der Waals surface area (Å²) in [7, 11) is 0. The summed E-state index contributed by atoms with van der Waals surface area (Å²) in [6.45, 7) is 0. The van der Waals surface area contributed by atoms with Crippen molar-refractivity contribution < 1.29 is 9.59 Å². The molecule has 1 atom stereocenters. The van der Waals surface area contributed by atoms with Crippen molar-refractivity contribution in [3.8, 4) is 0 Å². The van der Waals surface area contributed by atoms with Gasteiger partial charge in [-0.2, -0.15) is 0 Å². The van der Waals surface area contributed by atoms with Crippen molar-refractivity contribution in [2.24, 2.45) is 0 Å². The summed E-state index contributed by atoms with van der Waals surface area (Å²) in [6.07, 6.45) is 0.421. The third kappa shape index (κ3) is 3.08. The maximum absolute atomic E-state index is 12.5. The Kier molecular flexibility index (Phi) is 3.90. The Morgan fingerprint density at radius 1 is 0.920 bits per heavy atom. The molecule has 1 aliphatic rings. The fourth-order valence-corrected chi connectivity index (χ4v) is 3.25. The Labute approximate surface area is 149 Å². The molecule has 0 aromatic heterocycles. The lowest BCUT2D eigenvalue weighted by Gasteiger charge is -2.15. The van der Waals surface area contributed by atoms with E-state index < -0.39 is 6.04 Å². The highest BCUT2D eigenvalue weighted by Gasteiger charge is 2.28. The molecule has 1 heterocycles. The van der Waals surface area contributed by atoms with E-state index in [0.29, 0.717) is 22.7 Å². The predicted molar refractivity (Wildman–Crippen MR) is 99.0 cm³/mol. The number of benzene rings is 3. The fourth-order valence-electron chi connectivity index (χ4n) is 3.08. The minimum absolute atomic E-state index is 0.234. The number of hydrogen-bond donors (Lipinski definition) is 2. The topological polar surface area (TPSA) is 58.2 Å². The van der Waals surface area contributed by atoms with Gasteiger partial charge in [-0.1, -0.05) is 54.1 Å². The van der Waals surface area contributed by atoms with Crippen LogP contribution < -0.4 is 10.6 Å². The number of anilines is 1. The van der Waals surface area contributed by atoms with Crippen molar-refractivity contribution in [2.75, 3.05) is 5.32 Å². The van der Waals surface area contributed by atoms with Crippen molar-refractivity contribution in [2.45, 2.75) is 12.5 Å². The van der Waals surface area contributed by atoms with E-state index in [1.807, 2.05) is 42.5 Å². The van der Waals surface area contributed by atoms with Gasteiger partial charge in [-0.15, -0.1) is 0 Å². The quantitative estimate of drug-likeness (QED) is 0.738. The molecule has 124 valence electrons. The molecule has 2 amide bonds. The molecule has 0 saturated carbocycles. The number of halogens is 1. The second-order valence-corrected chi connectivity index (χ2v) is 6.53. The Morgan fingerprint density at radius 3 is 2.56 bits per heavy atom. The minimum atomic E-state index is -0.639. The molecule has 2 N–H and O–H groups in total. The molecular weight excluding hydrogens is 336 g/mol. The average Bonchev–Trinajstić information content (AvgIpc) is 2.72. The number of amides is 2. The molecule has 4 nitrogen and oxygen atoms in total. The van der Waals surface area contributed by atoms with Gasteiger partial charge in [0.2, 0.25) is 5.91 Å². The van der Waals surface area contributed by atoms with Gasteiger partial charge >= 0.3 is 0 Å². The summed E-state index contributed by atoms with van der Waals surface area (Å²) in [5.41, 5.74) is 1.85. The molecule has 4 rings (SSSR count). The van der Waals surface area contributed by atoms with Crippen LogP contribution in [0, 0.1) is 0 Å². The molecule has 5 heteroatoms. The molecule has 1 aliphatic heterocycles. The number of fused-ring (bicyclic) bond motifs is 2. The van der Waals surface area contributed by atoms with Crippen LogP contribution in [0.3, 0.4) is 0 Å². The Morgan fingerprint density at radius 2 is 1.72 bits per heavy atom. The lowest BCUT2D eigenvalue weighted by molar-refractivity contribution is -0.117. The molecule has 0 spiro atoms. The van der Waals surface area contributed by atoms with Crippen LogP contribution in [0.1, 0.15) is 15.9 Å². The molecule has 0 fully saturated rings. The van der Waals surface area contributed by atoms with E-state index >= 15 is 0 Å². The van der Waals surface area contributed by atoms with E-state index in [1.165, 1.54) is 0 Å². The van der Waals surface area contributed by atoms with E-state index in [9.17, 15) is 9.59 Å². The Bertz CT molecular complexity index is 1000. The number of nitrogens with one attached hydrogen (secondary N) is 2. The summed E-state index contributed by atoms with van der Waals surface area (Å²) >= 11 is 5.96. The van der Waals surface area contributed by atoms with Crippen LogP contribution in [0.15, 0.2) is 60.7 Å². The van der Waals surface area contributed by atoms with Gasteiger partial charge in [0.25, 0.3) is 5.91 Å². The highest BCUT2D eigenvalue weighted by atomic mass is 35.5. The third-order valence-corrected chi connectivity index (χ3v) is 4.59. The number of carbonyl (C=O) groups is 2. The second-order valence-electron chi connectivity index (χ2n) is 6.09. The van der Waals surface area contributed by atoms with Crippen LogP contribution in [0.25, 0.3) is 10.8 Å². The van der Waals surface area contributed by atoms with Gasteiger partial charge < -0.3 is 10.6 Å². The average molecular weight is 351 g/mol. The van der Waals surface area contributed by atoms with Crippen LogP contribution in [0.4, 0.5) is 5.69 Å². The zero-order chi connectivity index (χ0) is 17.4. The van der Waals surface area contributed by atoms with E-state index in [1.54, 1.807) is 18.2 Å². The van der Waals surface area contributed by atoms with Gasteiger partial charge in [0.1, 0.15) is 6.04 Å². The zero-order valence-electron chi connectivity index (χ0n) is 13.3. The Balaban J connectivity index is 1.62. The van der Waals surface area contributed by atoms with Crippen molar-refractivity contribution >= 4 is 39.9 Å². The first-order valence-corrected chi connectivity index (χ1v) is 8.37. The van der Waals surface area contributed by atoms with Crippen LogP contribution in [-0.4, -0.2) is 17.9 Å². The summed E-state index contributed by atoms with van der Waals surface area (Å²) in [5, 5.41) is 8.31. The highest BCUT2D eigenvalue weighted by molar-refractivity contribution is 6.31. The Hall–Kier alpha value is -2.85. The highest BCUT2D eigenvalue weighted by Crippen LogP contribution is 2.24. The first-order chi connectivity index (χ1) is 12.1. The zero-order valence-corrected chi connectivity index (χ0v) is 14.0. The molecule has 1 unspecified atom stereocenters. The number of rotatable bonds is 2. The third-order valence-electron chi connectivity index (χ3n) is 4.36. The van der Waals surface area contributed by atoms with Gasteiger partial charge in [0.15, 0.2) is 0 Å². The maximum atomic E-state index is 12.5. The van der Waals surface area contributed by atoms with E-state index in [-0.39, 0.29) is 11.8 Å². The van der Waals surface area contributed by atoms with Crippen LogP contribution >= 0.6 is 11.6 Å². The summed E-state index contributed by atoms with van der Waals surface area (Å²) in [6, 6.07) is 18.3. The molecule has 0 radical (unpaired) electrons. The van der Waals surface area contributed by atoms with E-state index in [0.717, 1.165) is 16.3 Å². The van der Waals surface area contributed by atoms with Gasteiger partial charge in [-0.05, 0) is 34.5 Å². The van der Waals surface area contributed by atoms with Gasteiger partial charge in [-0.3, -0.25) is 9.59 Å². The predicted octanol–water partition coefficient (Wildman–Crippen LogP) is 3.79. The minimum Gasteiger partial charge on any atom is -0.340 e. The molecular formula is C20H15ClN2O2. The van der Waals surface area contributed by atoms with Crippen LogP contribution in [0.2, 0.25) is 5.02 Å². The van der Waals surface area contributed by atoms with Crippen molar-refractivity contribution in [1.29, 1.82) is 0 Å². The first kappa shape index (κ1) is 15.7. The smallest absolute Gasteiger partial charge is 0.254 e. The molecule has 3 aromatic carbocycles. The molecule has 0 saturated heterocycles. The van der Waals surface area contributed by atoms with Crippen LogP contribution in [-0.2, 0) is 11.2 Å². The molecule has 0 aliphatic carbocycles. The second kappa shape index (κ2) is 6.22. The summed E-state index contributed by atoms with van der Waals surface area (Å²) < 4.78 is 0. The number of hydrogen-bond acceptors (Lipinski definition) is 2. The standard InChI is InChI=1S/C20H15ClN2O2/c21-15-7-8-17-16(11-15)19(24)23-18(20(25)22-17)10-12-5-6-13-3-1-2-4-14(13)9-12/h1-9,11,18H,10H2,(H,22,25)(H,23,24). The lowest BCUT2D eigenvalue weighted by atomic mass is 10.0.